The second-order valence-electron chi connectivity index (χ2n) is 5.84. The molecule has 0 radical (unpaired) electrons. The molecule has 0 unspecified atom stereocenters. The van der Waals surface area contributed by atoms with Crippen LogP contribution in [0, 0.1) is 5.41 Å². The van der Waals surface area contributed by atoms with Gasteiger partial charge >= 0.3 is 0 Å². The van der Waals surface area contributed by atoms with Crippen molar-refractivity contribution in [3.63, 3.8) is 0 Å². The fourth-order valence-electron chi connectivity index (χ4n) is 3.03. The molecule has 114 valence electrons. The quantitative estimate of drug-likeness (QED) is 0.727. The number of nitrogens with two attached hydrogens (primary N) is 1. The van der Waals surface area contributed by atoms with E-state index in [2.05, 4.69) is 5.32 Å². The number of amides is 1. The number of hydrogen-bond donors (Lipinski definition) is 3. The zero-order chi connectivity index (χ0) is 14.9. The molecule has 6 heteroatoms. The van der Waals surface area contributed by atoms with Gasteiger partial charge in [0, 0.05) is 23.7 Å². The lowest BCUT2D eigenvalue weighted by Gasteiger charge is -2.26. The van der Waals surface area contributed by atoms with E-state index in [9.17, 15) is 9.90 Å². The fraction of sp³-hybridized carbons (Fsp3) is 0.533. The SMILES string of the molecule is Nc1cc2c(cc1C(=O)NCC1(CO)CCCC1)OCO2. The van der Waals surface area contributed by atoms with Crippen molar-refractivity contribution in [3.8, 4) is 11.5 Å². The Labute approximate surface area is 123 Å². The van der Waals surface area contributed by atoms with E-state index >= 15 is 0 Å². The summed E-state index contributed by atoms with van der Waals surface area (Å²) in [6.07, 6.45) is 4.09. The molecule has 1 amide bonds. The smallest absolute Gasteiger partial charge is 0.253 e. The number of nitrogen functional groups attached to an aromatic ring is 1. The maximum absolute atomic E-state index is 12.3. The second-order valence-corrected chi connectivity index (χ2v) is 5.84. The summed E-state index contributed by atoms with van der Waals surface area (Å²) >= 11 is 0. The van der Waals surface area contributed by atoms with Crippen molar-refractivity contribution >= 4 is 11.6 Å². The first-order valence-electron chi connectivity index (χ1n) is 7.22. The van der Waals surface area contributed by atoms with Crippen LogP contribution < -0.4 is 20.5 Å². The highest BCUT2D eigenvalue weighted by atomic mass is 16.7. The number of aliphatic hydroxyl groups is 1. The Morgan fingerprint density at radius 1 is 1.29 bits per heavy atom. The van der Waals surface area contributed by atoms with E-state index < -0.39 is 0 Å². The van der Waals surface area contributed by atoms with E-state index in [1.165, 1.54) is 0 Å². The molecule has 1 aromatic carbocycles. The summed E-state index contributed by atoms with van der Waals surface area (Å²) in [5.41, 5.74) is 6.46. The van der Waals surface area contributed by atoms with Gasteiger partial charge in [-0.25, -0.2) is 0 Å². The van der Waals surface area contributed by atoms with Crippen molar-refractivity contribution < 1.29 is 19.4 Å². The molecule has 1 saturated carbocycles. The average molecular weight is 292 g/mol. The average Bonchev–Trinajstić information content (AvgIpc) is 3.13. The highest BCUT2D eigenvalue weighted by Crippen LogP contribution is 2.38. The molecule has 0 spiro atoms. The van der Waals surface area contributed by atoms with Crippen LogP contribution in [0.1, 0.15) is 36.0 Å². The van der Waals surface area contributed by atoms with E-state index in [1.807, 2.05) is 0 Å². The number of aliphatic hydroxyl groups excluding tert-OH is 1. The Bertz CT molecular complexity index is 553. The highest BCUT2D eigenvalue weighted by Gasteiger charge is 2.33. The molecule has 1 aromatic rings. The first-order valence-corrected chi connectivity index (χ1v) is 7.22. The van der Waals surface area contributed by atoms with Gasteiger partial charge in [-0.1, -0.05) is 12.8 Å². The highest BCUT2D eigenvalue weighted by molar-refractivity contribution is 6.00. The van der Waals surface area contributed by atoms with Gasteiger partial charge in [0.25, 0.3) is 5.91 Å². The van der Waals surface area contributed by atoms with Crippen LogP contribution >= 0.6 is 0 Å². The maximum atomic E-state index is 12.3. The molecular weight excluding hydrogens is 272 g/mol. The Kier molecular flexibility index (Phi) is 3.63. The number of benzene rings is 1. The number of anilines is 1. The van der Waals surface area contributed by atoms with Crippen LogP contribution in [0.5, 0.6) is 11.5 Å². The number of nitrogens with one attached hydrogen (secondary N) is 1. The molecule has 2 aliphatic rings. The van der Waals surface area contributed by atoms with Crippen molar-refractivity contribution in [2.75, 3.05) is 25.7 Å². The molecule has 1 heterocycles. The van der Waals surface area contributed by atoms with Gasteiger partial charge in [0.1, 0.15) is 0 Å². The first-order chi connectivity index (χ1) is 10.1. The van der Waals surface area contributed by atoms with E-state index in [-0.39, 0.29) is 24.7 Å². The van der Waals surface area contributed by atoms with Gasteiger partial charge in [-0.3, -0.25) is 4.79 Å². The molecule has 0 saturated heterocycles. The first kappa shape index (κ1) is 14.0. The molecule has 1 fully saturated rings. The third-order valence-corrected chi connectivity index (χ3v) is 4.41. The molecule has 21 heavy (non-hydrogen) atoms. The molecule has 0 atom stereocenters. The lowest BCUT2D eigenvalue weighted by Crippen LogP contribution is -2.38. The summed E-state index contributed by atoms with van der Waals surface area (Å²) in [7, 11) is 0. The third kappa shape index (κ3) is 2.63. The summed E-state index contributed by atoms with van der Waals surface area (Å²) in [6.45, 7) is 0.716. The van der Waals surface area contributed by atoms with Crippen LogP contribution in [0.4, 0.5) is 5.69 Å². The predicted molar refractivity (Wildman–Crippen MR) is 77.3 cm³/mol. The lowest BCUT2D eigenvalue weighted by atomic mass is 9.87. The zero-order valence-electron chi connectivity index (χ0n) is 11.9. The molecule has 0 bridgehead atoms. The monoisotopic (exact) mass is 292 g/mol. The van der Waals surface area contributed by atoms with Crippen molar-refractivity contribution in [3.05, 3.63) is 17.7 Å². The summed E-state index contributed by atoms with van der Waals surface area (Å²) in [6, 6.07) is 3.21. The van der Waals surface area contributed by atoms with Gasteiger partial charge in [0.05, 0.1) is 12.2 Å². The van der Waals surface area contributed by atoms with Crippen LogP contribution in [0.25, 0.3) is 0 Å². The molecule has 1 aliphatic carbocycles. The van der Waals surface area contributed by atoms with Crippen molar-refractivity contribution in [2.45, 2.75) is 25.7 Å². The number of carbonyl (C=O) groups excluding carboxylic acids is 1. The minimum Gasteiger partial charge on any atom is -0.454 e. The lowest BCUT2D eigenvalue weighted by molar-refractivity contribution is 0.0881. The van der Waals surface area contributed by atoms with Crippen LogP contribution in [0.15, 0.2) is 12.1 Å². The standard InChI is InChI=1S/C15H20N2O4/c16-11-6-13-12(20-9-21-13)5-10(11)14(19)17-7-15(8-18)3-1-2-4-15/h5-6,18H,1-4,7-9,16H2,(H,17,19). The maximum Gasteiger partial charge on any atom is 0.253 e. The largest absolute Gasteiger partial charge is 0.454 e. The van der Waals surface area contributed by atoms with E-state index in [0.717, 1.165) is 25.7 Å². The van der Waals surface area contributed by atoms with Gasteiger partial charge in [0.2, 0.25) is 6.79 Å². The van der Waals surface area contributed by atoms with Crippen LogP contribution in [-0.4, -0.2) is 31.0 Å². The van der Waals surface area contributed by atoms with Crippen molar-refractivity contribution in [1.82, 2.24) is 5.32 Å². The Hall–Kier alpha value is -1.95. The Balaban J connectivity index is 1.71. The number of hydrogen-bond acceptors (Lipinski definition) is 5. The summed E-state index contributed by atoms with van der Waals surface area (Å²) in [4.78, 5) is 12.3. The zero-order valence-corrected chi connectivity index (χ0v) is 11.9. The molecule has 1 aliphatic heterocycles. The van der Waals surface area contributed by atoms with E-state index in [1.54, 1.807) is 12.1 Å². The van der Waals surface area contributed by atoms with E-state index in [4.69, 9.17) is 15.2 Å². The van der Waals surface area contributed by atoms with E-state index in [0.29, 0.717) is 29.3 Å². The normalized spacial score (nSPS) is 18.7. The summed E-state index contributed by atoms with van der Waals surface area (Å²) in [5, 5.41) is 12.5. The summed E-state index contributed by atoms with van der Waals surface area (Å²) in [5.74, 6) is 0.851. The van der Waals surface area contributed by atoms with Gasteiger partial charge in [-0.05, 0) is 18.9 Å². The van der Waals surface area contributed by atoms with Gasteiger partial charge in [-0.2, -0.15) is 0 Å². The van der Waals surface area contributed by atoms with Gasteiger partial charge in [-0.15, -0.1) is 0 Å². The van der Waals surface area contributed by atoms with Crippen molar-refractivity contribution in [2.24, 2.45) is 5.41 Å². The third-order valence-electron chi connectivity index (χ3n) is 4.41. The number of carbonyl (C=O) groups is 1. The predicted octanol–water partition coefficient (Wildman–Crippen LogP) is 1.28. The molecule has 3 rings (SSSR count). The number of ether oxygens (including phenoxy) is 2. The fourth-order valence-corrected chi connectivity index (χ4v) is 3.03. The van der Waals surface area contributed by atoms with Crippen LogP contribution in [0.3, 0.4) is 0 Å². The van der Waals surface area contributed by atoms with Crippen LogP contribution in [0.2, 0.25) is 0 Å². The van der Waals surface area contributed by atoms with Gasteiger partial charge in [0.15, 0.2) is 11.5 Å². The second kappa shape index (κ2) is 5.44. The molecule has 4 N–H and O–H groups in total. The topological polar surface area (TPSA) is 93.8 Å². The van der Waals surface area contributed by atoms with Crippen molar-refractivity contribution in [1.29, 1.82) is 0 Å². The van der Waals surface area contributed by atoms with Gasteiger partial charge < -0.3 is 25.6 Å². The minimum absolute atomic E-state index is 0.101. The number of rotatable bonds is 4. The molecule has 6 nitrogen and oxygen atoms in total. The molecular formula is C15H20N2O4. The molecule has 0 aromatic heterocycles. The minimum atomic E-state index is -0.245. The number of fused-ring (bicyclic) bond motifs is 1. The summed E-state index contributed by atoms with van der Waals surface area (Å²) < 4.78 is 10.5. The Morgan fingerprint density at radius 3 is 2.62 bits per heavy atom. The Morgan fingerprint density at radius 2 is 1.95 bits per heavy atom. The van der Waals surface area contributed by atoms with Crippen LogP contribution in [-0.2, 0) is 0 Å².